The number of aryl methyl sites for hydroxylation is 1. The summed E-state index contributed by atoms with van der Waals surface area (Å²) in [6.45, 7) is 5.23. The van der Waals surface area contributed by atoms with Crippen molar-refractivity contribution in [2.45, 2.75) is 6.92 Å². The predicted molar refractivity (Wildman–Crippen MR) is 134 cm³/mol. The first kappa shape index (κ1) is 21.9. The molecule has 1 aliphatic rings. The second-order valence-electron chi connectivity index (χ2n) is 7.91. The van der Waals surface area contributed by atoms with Gasteiger partial charge in [-0.25, -0.2) is 14.8 Å². The lowest BCUT2D eigenvalue weighted by Gasteiger charge is -2.28. The summed E-state index contributed by atoms with van der Waals surface area (Å²) in [7, 11) is 0. The van der Waals surface area contributed by atoms with Crippen LogP contribution in [0.25, 0.3) is 10.2 Å². The van der Waals surface area contributed by atoms with Crippen LogP contribution in [0.15, 0.2) is 54.2 Å². The largest absolute Gasteiger partial charge is 0.478 e. The van der Waals surface area contributed by atoms with Crippen molar-refractivity contribution in [3.63, 3.8) is 0 Å². The van der Waals surface area contributed by atoms with E-state index in [1.807, 2.05) is 24.4 Å². The zero-order chi connectivity index (χ0) is 23.5. The number of morpholine rings is 1. The van der Waals surface area contributed by atoms with Crippen LogP contribution in [-0.2, 0) is 4.74 Å². The van der Waals surface area contributed by atoms with Gasteiger partial charge in [0.1, 0.15) is 11.8 Å². The number of aromatic carboxylic acids is 1. The normalized spacial score (nSPS) is 13.4. The third kappa shape index (κ3) is 4.57. The number of thiophene rings is 1. The summed E-state index contributed by atoms with van der Waals surface area (Å²) in [6.07, 6.45) is 1.53. The van der Waals surface area contributed by atoms with Gasteiger partial charge in [-0.15, -0.1) is 11.3 Å². The van der Waals surface area contributed by atoms with Crippen molar-refractivity contribution in [2.75, 3.05) is 36.5 Å². The number of nitrogens with zero attached hydrogens (tertiary/aromatic N) is 3. The summed E-state index contributed by atoms with van der Waals surface area (Å²) >= 11 is 1.53. The number of anilines is 3. The zero-order valence-corrected chi connectivity index (χ0v) is 19.4. The van der Waals surface area contributed by atoms with Gasteiger partial charge < -0.3 is 20.1 Å². The van der Waals surface area contributed by atoms with Crippen LogP contribution in [0, 0.1) is 18.8 Å². The fourth-order valence-electron chi connectivity index (χ4n) is 3.77. The summed E-state index contributed by atoms with van der Waals surface area (Å²) in [5.41, 5.74) is 5.51. The van der Waals surface area contributed by atoms with E-state index in [-0.39, 0.29) is 5.56 Å². The molecule has 0 radical (unpaired) electrons. The number of fused-ring (bicyclic) bond motifs is 1. The first-order valence-electron chi connectivity index (χ1n) is 10.9. The smallest absolute Gasteiger partial charge is 0.335 e. The molecule has 1 fully saturated rings. The number of ether oxygens (including phenoxy) is 1. The van der Waals surface area contributed by atoms with Crippen LogP contribution in [0.5, 0.6) is 0 Å². The van der Waals surface area contributed by atoms with Gasteiger partial charge in [0, 0.05) is 35.4 Å². The third-order valence-electron chi connectivity index (χ3n) is 5.68. The molecular weight excluding hydrogens is 448 g/mol. The highest BCUT2D eigenvalue weighted by Crippen LogP contribution is 2.31. The molecule has 0 atom stereocenters. The van der Waals surface area contributed by atoms with Crippen LogP contribution >= 0.6 is 11.3 Å². The van der Waals surface area contributed by atoms with E-state index in [0.29, 0.717) is 5.56 Å². The average molecular weight is 471 g/mol. The minimum atomic E-state index is -0.967. The maximum Gasteiger partial charge on any atom is 0.335 e. The first-order chi connectivity index (χ1) is 16.6. The fraction of sp³-hybridized carbons (Fsp3) is 0.192. The van der Waals surface area contributed by atoms with E-state index in [4.69, 9.17) is 4.74 Å². The van der Waals surface area contributed by atoms with Crippen molar-refractivity contribution in [2.24, 2.45) is 0 Å². The fourth-order valence-corrected chi connectivity index (χ4v) is 4.66. The molecule has 4 aromatic rings. The van der Waals surface area contributed by atoms with Gasteiger partial charge in [-0.2, -0.15) is 0 Å². The molecule has 0 spiro atoms. The highest BCUT2D eigenvalue weighted by atomic mass is 32.1. The average Bonchev–Trinajstić information content (AvgIpc) is 3.28. The Labute approximate surface area is 201 Å². The molecule has 170 valence electrons. The summed E-state index contributed by atoms with van der Waals surface area (Å²) in [6, 6.07) is 13.3. The van der Waals surface area contributed by atoms with E-state index in [2.05, 4.69) is 44.2 Å². The number of carboxylic acid groups (broad SMARTS) is 1. The van der Waals surface area contributed by atoms with Crippen molar-refractivity contribution in [3.8, 4) is 11.8 Å². The molecule has 7 nitrogen and oxygen atoms in total. The molecule has 5 rings (SSSR count). The molecule has 0 unspecified atom stereocenters. The van der Waals surface area contributed by atoms with Gasteiger partial charge in [-0.3, -0.25) is 0 Å². The highest BCUT2D eigenvalue weighted by molar-refractivity contribution is 7.18. The van der Waals surface area contributed by atoms with Crippen LogP contribution in [-0.4, -0.2) is 47.3 Å². The van der Waals surface area contributed by atoms with E-state index >= 15 is 0 Å². The predicted octanol–water partition coefficient (Wildman–Crippen LogP) is 4.68. The van der Waals surface area contributed by atoms with Gasteiger partial charge in [0.25, 0.3) is 0 Å². The van der Waals surface area contributed by atoms with Gasteiger partial charge in [-0.05, 0) is 48.9 Å². The number of carboxylic acids is 1. The van der Waals surface area contributed by atoms with Gasteiger partial charge in [0.05, 0.1) is 29.0 Å². The molecule has 8 heteroatoms. The molecule has 1 aliphatic heterocycles. The third-order valence-corrected chi connectivity index (χ3v) is 6.65. The number of hydrogen-bond donors (Lipinski definition) is 2. The standard InChI is InChI=1S/C26H22N4O3S/c1-17-2-3-19(26(31)32)14-18(17)4-5-20-15-34-24-23(20)27-16-28-25(24)29-21-6-8-22(9-7-21)30-10-12-33-13-11-30/h2-3,6-9,14-16H,10-13H2,1H3,(H,31,32)(H,27,28,29). The number of carbonyl (C=O) groups is 1. The van der Waals surface area contributed by atoms with Gasteiger partial charge in [0.15, 0.2) is 5.82 Å². The molecule has 0 aliphatic carbocycles. The van der Waals surface area contributed by atoms with E-state index in [0.717, 1.165) is 59.2 Å². The Kier molecular flexibility index (Phi) is 6.12. The number of benzene rings is 2. The molecule has 3 heterocycles. The van der Waals surface area contributed by atoms with Crippen molar-refractivity contribution >= 4 is 44.7 Å². The molecule has 2 aromatic carbocycles. The molecule has 0 amide bonds. The molecular formula is C26H22N4O3S. The summed E-state index contributed by atoms with van der Waals surface area (Å²) in [4.78, 5) is 22.5. The SMILES string of the molecule is Cc1ccc(C(=O)O)cc1C#Cc1csc2c(Nc3ccc(N4CCOCC4)cc3)ncnc12. The Balaban J connectivity index is 1.39. The minimum absolute atomic E-state index is 0.221. The lowest BCUT2D eigenvalue weighted by Crippen LogP contribution is -2.36. The van der Waals surface area contributed by atoms with E-state index in [9.17, 15) is 9.90 Å². The Morgan fingerprint density at radius 3 is 2.62 bits per heavy atom. The van der Waals surface area contributed by atoms with Crippen molar-refractivity contribution in [1.82, 2.24) is 9.97 Å². The van der Waals surface area contributed by atoms with Crippen LogP contribution < -0.4 is 10.2 Å². The Hall–Kier alpha value is -3.93. The van der Waals surface area contributed by atoms with E-state index < -0.39 is 5.97 Å². The highest BCUT2D eigenvalue weighted by Gasteiger charge is 2.13. The zero-order valence-electron chi connectivity index (χ0n) is 18.5. The summed E-state index contributed by atoms with van der Waals surface area (Å²) in [5, 5.41) is 14.6. The van der Waals surface area contributed by atoms with Gasteiger partial charge in [0.2, 0.25) is 0 Å². The quantitative estimate of drug-likeness (QED) is 0.419. The van der Waals surface area contributed by atoms with Gasteiger partial charge >= 0.3 is 5.97 Å². The van der Waals surface area contributed by atoms with Crippen LogP contribution in [0.3, 0.4) is 0 Å². The molecule has 2 N–H and O–H groups in total. The topological polar surface area (TPSA) is 87.6 Å². The second-order valence-corrected chi connectivity index (χ2v) is 8.79. The number of nitrogens with one attached hydrogen (secondary N) is 1. The Morgan fingerprint density at radius 1 is 1.09 bits per heavy atom. The minimum Gasteiger partial charge on any atom is -0.478 e. The lowest BCUT2D eigenvalue weighted by molar-refractivity contribution is 0.0697. The van der Waals surface area contributed by atoms with Crippen molar-refractivity contribution < 1.29 is 14.6 Å². The van der Waals surface area contributed by atoms with Crippen molar-refractivity contribution in [1.29, 1.82) is 0 Å². The summed E-state index contributed by atoms with van der Waals surface area (Å²) in [5.74, 6) is 6.03. The Morgan fingerprint density at radius 2 is 1.85 bits per heavy atom. The van der Waals surface area contributed by atoms with Crippen LogP contribution in [0.2, 0.25) is 0 Å². The lowest BCUT2D eigenvalue weighted by atomic mass is 10.1. The molecule has 0 saturated carbocycles. The Bertz CT molecular complexity index is 1410. The van der Waals surface area contributed by atoms with Crippen molar-refractivity contribution in [3.05, 3.63) is 76.4 Å². The summed E-state index contributed by atoms with van der Waals surface area (Å²) < 4.78 is 6.35. The maximum absolute atomic E-state index is 11.3. The van der Waals surface area contributed by atoms with Crippen LogP contribution in [0.4, 0.5) is 17.2 Å². The maximum atomic E-state index is 11.3. The molecule has 0 bridgehead atoms. The number of aromatic nitrogens is 2. The molecule has 1 saturated heterocycles. The first-order valence-corrected chi connectivity index (χ1v) is 11.7. The van der Waals surface area contributed by atoms with E-state index in [1.165, 1.54) is 23.4 Å². The molecule has 34 heavy (non-hydrogen) atoms. The van der Waals surface area contributed by atoms with Crippen LogP contribution in [0.1, 0.15) is 27.0 Å². The van der Waals surface area contributed by atoms with Gasteiger partial charge in [-0.1, -0.05) is 17.9 Å². The number of hydrogen-bond acceptors (Lipinski definition) is 7. The molecule has 2 aromatic heterocycles. The monoisotopic (exact) mass is 470 g/mol. The second kappa shape index (κ2) is 9.51. The van der Waals surface area contributed by atoms with E-state index in [1.54, 1.807) is 18.2 Å². The number of rotatable bonds is 4.